The molecule has 57 heavy (non-hydrogen) atoms. The van der Waals surface area contributed by atoms with E-state index in [1.54, 1.807) is 36.4 Å². The number of anilines is 1. The second-order valence-electron chi connectivity index (χ2n) is 13.5. The number of aliphatic carboxylic acids is 1. The SMILES string of the molecule is O=C1N[C@H](CCc2ccccc2)C(=O)N[C@@H](C(=O)O)Cc2ccc(cc2)NC(=O)[C@H](O)[C@@H](O)C(=O)N[C@H](Cc2ccccc2)C(=O)N[C@H]1Cc1ccc(Cl)cc1Cl. The maximum atomic E-state index is 14.3. The number of carbonyl (C=O) groups excluding carboxylic acids is 5. The quantitative estimate of drug-likeness (QED) is 0.122. The standard InChI is InChI=1S/C41H41Cl2N5O9/c42-27-15-14-26(29(43)22-27)21-32-38(53)45-30(18-13-23-7-3-1-4-8-23)36(51)48-33(41(56)57)20-25-11-16-28(17-12-25)44-39(54)34(49)35(50)40(55)47-31(37(52)46-32)19-24-9-5-2-6-10-24/h1-12,14-17,22,30-35,49-50H,13,18-21H2,(H,44,54)(H,45,53)(H,46,52)(H,47,55)(H,48,51)(H,56,57)/t30-,31-,32+,33-,34-,35-/m1/s1. The number of aryl methyl sites for hydroxylation is 1. The van der Waals surface area contributed by atoms with Gasteiger partial charge in [-0.3, -0.25) is 24.0 Å². The molecule has 6 atom stereocenters. The van der Waals surface area contributed by atoms with Crippen LogP contribution < -0.4 is 26.6 Å². The normalized spacial score (nSPS) is 22.6. The number of hydrogen-bond acceptors (Lipinski definition) is 8. The van der Waals surface area contributed by atoms with Crippen LogP contribution in [0.3, 0.4) is 0 Å². The third-order valence-corrected chi connectivity index (χ3v) is 9.88. The fourth-order valence-corrected chi connectivity index (χ4v) is 6.62. The van der Waals surface area contributed by atoms with Crippen LogP contribution in [0.15, 0.2) is 103 Å². The maximum Gasteiger partial charge on any atom is 0.326 e. The minimum Gasteiger partial charge on any atom is -0.480 e. The van der Waals surface area contributed by atoms with E-state index in [0.29, 0.717) is 28.1 Å². The smallest absolute Gasteiger partial charge is 0.326 e. The van der Waals surface area contributed by atoms with Crippen LogP contribution in [0, 0.1) is 0 Å². The molecule has 0 unspecified atom stereocenters. The van der Waals surface area contributed by atoms with Gasteiger partial charge < -0.3 is 41.9 Å². The predicted molar refractivity (Wildman–Crippen MR) is 211 cm³/mol. The molecule has 2 bridgehead atoms. The summed E-state index contributed by atoms with van der Waals surface area (Å²) in [5, 5.41) is 44.7. The molecule has 8 N–H and O–H groups in total. The van der Waals surface area contributed by atoms with Crippen LogP contribution in [-0.4, -0.2) is 87.2 Å². The van der Waals surface area contributed by atoms with Crippen LogP contribution in [-0.2, 0) is 54.5 Å². The number of amides is 5. The lowest BCUT2D eigenvalue weighted by Gasteiger charge is -2.27. The van der Waals surface area contributed by atoms with Gasteiger partial charge >= 0.3 is 5.97 Å². The lowest BCUT2D eigenvalue weighted by molar-refractivity contribution is -0.145. The van der Waals surface area contributed by atoms with Gasteiger partial charge in [0.05, 0.1) is 0 Å². The highest BCUT2D eigenvalue weighted by Crippen LogP contribution is 2.23. The Kier molecular flexibility index (Phi) is 14.8. The molecule has 0 saturated heterocycles. The van der Waals surface area contributed by atoms with Crippen molar-refractivity contribution in [2.75, 3.05) is 5.32 Å². The van der Waals surface area contributed by atoms with E-state index in [1.807, 2.05) is 30.3 Å². The molecule has 0 aliphatic carbocycles. The molecule has 2 aliphatic rings. The fourth-order valence-electron chi connectivity index (χ4n) is 6.14. The van der Waals surface area contributed by atoms with Crippen molar-refractivity contribution in [3.05, 3.63) is 135 Å². The van der Waals surface area contributed by atoms with Gasteiger partial charge in [-0.1, -0.05) is 102 Å². The molecule has 0 saturated carbocycles. The second-order valence-corrected chi connectivity index (χ2v) is 14.4. The number of fused-ring (bicyclic) bond motifs is 18. The molecule has 16 heteroatoms. The van der Waals surface area contributed by atoms with Gasteiger partial charge in [0, 0.05) is 35.0 Å². The Morgan fingerprint density at radius 3 is 1.77 bits per heavy atom. The molecule has 2 aliphatic heterocycles. The Hall–Kier alpha value is -5.80. The monoisotopic (exact) mass is 817 g/mol. The number of carboxylic acid groups (broad SMARTS) is 1. The Morgan fingerprint density at radius 1 is 0.614 bits per heavy atom. The van der Waals surface area contributed by atoms with Gasteiger partial charge in [-0.25, -0.2) is 4.79 Å². The summed E-state index contributed by atoms with van der Waals surface area (Å²) in [4.78, 5) is 81.0. The molecular weight excluding hydrogens is 777 g/mol. The molecule has 298 valence electrons. The number of carboxylic acids is 1. The third kappa shape index (κ3) is 12.1. The van der Waals surface area contributed by atoms with Crippen molar-refractivity contribution in [3.8, 4) is 0 Å². The lowest BCUT2D eigenvalue weighted by Crippen LogP contribution is -2.59. The number of carbonyl (C=O) groups is 6. The summed E-state index contributed by atoms with van der Waals surface area (Å²) in [6.07, 6.45) is -4.80. The minimum atomic E-state index is -2.32. The van der Waals surface area contributed by atoms with Crippen LogP contribution in [0.5, 0.6) is 0 Å². The van der Waals surface area contributed by atoms with Crippen molar-refractivity contribution in [2.45, 2.75) is 68.5 Å². The Balaban J connectivity index is 1.54. The molecule has 4 aromatic rings. The van der Waals surface area contributed by atoms with Crippen LogP contribution in [0.1, 0.15) is 28.7 Å². The highest BCUT2D eigenvalue weighted by molar-refractivity contribution is 6.35. The van der Waals surface area contributed by atoms with E-state index in [9.17, 15) is 44.1 Å². The summed E-state index contributed by atoms with van der Waals surface area (Å²) in [5.74, 6) is -6.29. The van der Waals surface area contributed by atoms with Crippen molar-refractivity contribution in [1.82, 2.24) is 21.3 Å². The fraction of sp³-hybridized carbons (Fsp3) is 0.268. The number of halogens is 2. The first-order valence-electron chi connectivity index (χ1n) is 18.0. The molecule has 14 nitrogen and oxygen atoms in total. The largest absolute Gasteiger partial charge is 0.480 e. The minimum absolute atomic E-state index is 0.0393. The van der Waals surface area contributed by atoms with E-state index < -0.39 is 71.9 Å². The molecule has 4 aromatic carbocycles. The number of aliphatic hydroxyl groups is 2. The summed E-state index contributed by atoms with van der Waals surface area (Å²) < 4.78 is 0. The average Bonchev–Trinajstić information content (AvgIpc) is 3.19. The summed E-state index contributed by atoms with van der Waals surface area (Å²) >= 11 is 12.6. The Labute approximate surface area is 338 Å². The first-order chi connectivity index (χ1) is 27.3. The summed E-state index contributed by atoms with van der Waals surface area (Å²) in [5.41, 5.74) is 2.40. The van der Waals surface area contributed by atoms with Gasteiger partial charge in [0.1, 0.15) is 24.2 Å². The molecule has 0 fully saturated rings. The molecule has 0 radical (unpaired) electrons. The number of rotatable bonds is 8. The van der Waals surface area contributed by atoms with Crippen molar-refractivity contribution in [2.24, 2.45) is 0 Å². The first kappa shape index (κ1) is 42.3. The predicted octanol–water partition coefficient (Wildman–Crippen LogP) is 2.35. The number of nitrogens with one attached hydrogen (secondary N) is 5. The van der Waals surface area contributed by atoms with Crippen molar-refractivity contribution < 1.29 is 44.1 Å². The highest BCUT2D eigenvalue weighted by atomic mass is 35.5. The zero-order valence-corrected chi connectivity index (χ0v) is 31.9. The number of hydrogen-bond donors (Lipinski definition) is 8. The van der Waals surface area contributed by atoms with Gasteiger partial charge in [0.2, 0.25) is 17.7 Å². The van der Waals surface area contributed by atoms with Gasteiger partial charge in [0.25, 0.3) is 11.8 Å². The molecule has 2 heterocycles. The van der Waals surface area contributed by atoms with Gasteiger partial charge in [-0.05, 0) is 59.4 Å². The third-order valence-electron chi connectivity index (χ3n) is 9.30. The van der Waals surface area contributed by atoms with Crippen molar-refractivity contribution >= 4 is 64.4 Å². The zero-order chi connectivity index (χ0) is 41.1. The van der Waals surface area contributed by atoms with Gasteiger partial charge in [-0.2, -0.15) is 0 Å². The van der Waals surface area contributed by atoms with Gasteiger partial charge in [0.15, 0.2) is 12.2 Å². The van der Waals surface area contributed by atoms with Crippen molar-refractivity contribution in [3.63, 3.8) is 0 Å². The van der Waals surface area contributed by atoms with E-state index in [4.69, 9.17) is 23.2 Å². The summed E-state index contributed by atoms with van der Waals surface area (Å²) in [6.45, 7) is 0. The molecule has 0 spiro atoms. The van der Waals surface area contributed by atoms with Crippen LogP contribution in [0.25, 0.3) is 0 Å². The number of aliphatic hydroxyl groups excluding tert-OH is 2. The molecular formula is C41H41Cl2N5O9. The summed E-state index contributed by atoms with van der Waals surface area (Å²) in [7, 11) is 0. The topological polar surface area (TPSA) is 223 Å². The van der Waals surface area contributed by atoms with E-state index in [1.165, 1.54) is 36.4 Å². The van der Waals surface area contributed by atoms with E-state index in [-0.39, 0.29) is 36.4 Å². The number of benzene rings is 4. The Morgan fingerprint density at radius 2 is 1.16 bits per heavy atom. The molecule has 5 amide bonds. The average molecular weight is 819 g/mol. The van der Waals surface area contributed by atoms with E-state index in [0.717, 1.165) is 5.56 Å². The molecule has 6 rings (SSSR count). The summed E-state index contributed by atoms with van der Waals surface area (Å²) in [6, 6.07) is 22.3. The van der Waals surface area contributed by atoms with E-state index in [2.05, 4.69) is 26.6 Å². The van der Waals surface area contributed by atoms with Crippen LogP contribution in [0.2, 0.25) is 10.0 Å². The van der Waals surface area contributed by atoms with Crippen LogP contribution >= 0.6 is 23.2 Å². The van der Waals surface area contributed by atoms with Crippen molar-refractivity contribution in [1.29, 1.82) is 0 Å². The maximum absolute atomic E-state index is 14.3. The second kappa shape index (κ2) is 19.9. The first-order valence-corrected chi connectivity index (χ1v) is 18.7. The highest BCUT2D eigenvalue weighted by Gasteiger charge is 2.35. The Bertz CT molecular complexity index is 2070. The zero-order valence-electron chi connectivity index (χ0n) is 30.4. The van der Waals surface area contributed by atoms with E-state index >= 15 is 0 Å². The lowest BCUT2D eigenvalue weighted by atomic mass is 10.00. The van der Waals surface area contributed by atoms with Gasteiger partial charge in [-0.15, -0.1) is 0 Å². The van der Waals surface area contributed by atoms with Crippen LogP contribution in [0.4, 0.5) is 5.69 Å². The molecule has 0 aromatic heterocycles.